The summed E-state index contributed by atoms with van der Waals surface area (Å²) < 4.78 is 2.25. The molecule has 3 aromatic rings. The number of para-hydroxylation sites is 1. The Labute approximate surface area is 159 Å². The lowest BCUT2D eigenvalue weighted by Gasteiger charge is -2.28. The molecule has 5 heteroatoms. The number of aromatic nitrogens is 2. The van der Waals surface area contributed by atoms with E-state index in [9.17, 15) is 0 Å². The Morgan fingerprint density at radius 3 is 2.58 bits per heavy atom. The van der Waals surface area contributed by atoms with E-state index in [0.29, 0.717) is 0 Å². The highest BCUT2D eigenvalue weighted by Crippen LogP contribution is 2.39. The van der Waals surface area contributed by atoms with Crippen LogP contribution in [0.1, 0.15) is 36.8 Å². The van der Waals surface area contributed by atoms with Gasteiger partial charge in [-0.15, -0.1) is 0 Å². The van der Waals surface area contributed by atoms with Crippen LogP contribution in [0.2, 0.25) is 0 Å². The van der Waals surface area contributed by atoms with Crippen molar-refractivity contribution in [3.8, 4) is 5.69 Å². The van der Waals surface area contributed by atoms with Crippen LogP contribution in [-0.4, -0.2) is 26.1 Å². The zero-order valence-electron chi connectivity index (χ0n) is 14.7. The maximum atomic E-state index is 5.67. The maximum absolute atomic E-state index is 5.67. The van der Waals surface area contributed by atoms with Crippen molar-refractivity contribution in [2.45, 2.75) is 25.4 Å². The van der Waals surface area contributed by atoms with Gasteiger partial charge in [-0.25, -0.2) is 0 Å². The second kappa shape index (κ2) is 7.30. The Morgan fingerprint density at radius 2 is 1.85 bits per heavy atom. The predicted octanol–water partition coefficient (Wildman–Crippen LogP) is 4.25. The largest absolute Gasteiger partial charge is 0.352 e. The molecule has 4 rings (SSSR count). The van der Waals surface area contributed by atoms with Crippen molar-refractivity contribution < 1.29 is 0 Å². The molecule has 1 saturated heterocycles. The molecule has 3 heterocycles. The lowest BCUT2D eigenvalue weighted by molar-refractivity contribution is 0.309. The number of hydrogen-bond donors (Lipinski definition) is 1. The lowest BCUT2D eigenvalue weighted by Crippen LogP contribution is -2.31. The number of thiocarbonyl (C=S) groups is 1. The fourth-order valence-corrected chi connectivity index (χ4v) is 4.00. The quantitative estimate of drug-likeness (QED) is 0.688. The third-order valence-electron chi connectivity index (χ3n) is 4.78. The van der Waals surface area contributed by atoms with Crippen molar-refractivity contribution in [2.75, 3.05) is 6.54 Å². The molecule has 0 spiro atoms. The van der Waals surface area contributed by atoms with Crippen LogP contribution < -0.4 is 5.32 Å². The number of rotatable bonds is 5. The van der Waals surface area contributed by atoms with E-state index < -0.39 is 0 Å². The standard InChI is InChI=1S/C21H22N4S/c1-2-14-25-20(19(23-21(25)26)17-11-6-7-13-22-17)18-12-8-15-24(18)16-9-4-3-5-10-16/h3-13,15,19-20H,2,14H2,1H3,(H,23,26)/t19-,20+/m1/s1. The van der Waals surface area contributed by atoms with Gasteiger partial charge in [-0.2, -0.15) is 0 Å². The number of hydrogen-bond acceptors (Lipinski definition) is 2. The minimum absolute atomic E-state index is 0.0348. The van der Waals surface area contributed by atoms with Crippen LogP contribution in [0.4, 0.5) is 0 Å². The van der Waals surface area contributed by atoms with Crippen molar-refractivity contribution in [3.05, 3.63) is 84.4 Å². The minimum atomic E-state index is 0.0348. The number of benzene rings is 1. The summed E-state index contributed by atoms with van der Waals surface area (Å²) in [5, 5.41) is 4.30. The van der Waals surface area contributed by atoms with Crippen molar-refractivity contribution in [2.24, 2.45) is 0 Å². The van der Waals surface area contributed by atoms with E-state index >= 15 is 0 Å². The first-order valence-corrected chi connectivity index (χ1v) is 9.41. The summed E-state index contributed by atoms with van der Waals surface area (Å²) in [6.07, 6.45) is 5.00. The molecule has 0 radical (unpaired) electrons. The summed E-state index contributed by atoms with van der Waals surface area (Å²) in [6.45, 7) is 3.10. The topological polar surface area (TPSA) is 33.1 Å². The second-order valence-electron chi connectivity index (χ2n) is 6.46. The van der Waals surface area contributed by atoms with Crippen LogP contribution in [-0.2, 0) is 0 Å². The Bertz CT molecular complexity index is 875. The Morgan fingerprint density at radius 1 is 1.04 bits per heavy atom. The third kappa shape index (κ3) is 2.99. The average molecular weight is 363 g/mol. The molecule has 1 aliphatic heterocycles. The summed E-state index contributed by atoms with van der Waals surface area (Å²) in [5.41, 5.74) is 3.38. The van der Waals surface area contributed by atoms with Gasteiger partial charge in [0.25, 0.3) is 0 Å². The first-order chi connectivity index (χ1) is 12.8. The highest BCUT2D eigenvalue weighted by molar-refractivity contribution is 7.80. The normalized spacial score (nSPS) is 19.6. The molecule has 0 saturated carbocycles. The molecule has 0 amide bonds. The molecule has 1 N–H and O–H groups in total. The van der Waals surface area contributed by atoms with Gasteiger partial charge in [0.15, 0.2) is 5.11 Å². The maximum Gasteiger partial charge on any atom is 0.170 e. The SMILES string of the molecule is CCCN1C(=S)N[C@H](c2ccccn2)[C@@H]1c1cccn1-c1ccccc1. The van der Waals surface area contributed by atoms with E-state index in [0.717, 1.165) is 29.5 Å². The smallest absolute Gasteiger partial charge is 0.170 e. The molecular formula is C21H22N4S. The van der Waals surface area contributed by atoms with E-state index in [2.05, 4.69) is 75.4 Å². The van der Waals surface area contributed by atoms with Crippen molar-refractivity contribution in [1.29, 1.82) is 0 Å². The van der Waals surface area contributed by atoms with Gasteiger partial charge in [0.05, 0.1) is 17.8 Å². The summed E-state index contributed by atoms with van der Waals surface area (Å²) in [4.78, 5) is 6.89. The first-order valence-electron chi connectivity index (χ1n) is 9.00. The van der Waals surface area contributed by atoms with Gasteiger partial charge < -0.3 is 14.8 Å². The Balaban J connectivity index is 1.81. The predicted molar refractivity (Wildman–Crippen MR) is 108 cm³/mol. The molecule has 132 valence electrons. The molecule has 1 fully saturated rings. The summed E-state index contributed by atoms with van der Waals surface area (Å²) in [7, 11) is 0. The minimum Gasteiger partial charge on any atom is -0.352 e. The van der Waals surface area contributed by atoms with Crippen LogP contribution >= 0.6 is 12.2 Å². The van der Waals surface area contributed by atoms with Crippen LogP contribution in [0.25, 0.3) is 5.69 Å². The molecule has 0 bridgehead atoms. The van der Waals surface area contributed by atoms with Crippen molar-refractivity contribution >= 4 is 17.3 Å². The van der Waals surface area contributed by atoms with Gasteiger partial charge in [-0.1, -0.05) is 31.2 Å². The third-order valence-corrected chi connectivity index (χ3v) is 5.13. The monoisotopic (exact) mass is 362 g/mol. The van der Waals surface area contributed by atoms with Gasteiger partial charge in [-0.05, 0) is 55.0 Å². The van der Waals surface area contributed by atoms with E-state index in [1.54, 1.807) is 0 Å². The summed E-state index contributed by atoms with van der Waals surface area (Å²) in [6, 6.07) is 20.9. The summed E-state index contributed by atoms with van der Waals surface area (Å²) in [5.74, 6) is 0. The van der Waals surface area contributed by atoms with Gasteiger partial charge >= 0.3 is 0 Å². The molecule has 2 atom stereocenters. The zero-order chi connectivity index (χ0) is 17.9. The van der Waals surface area contributed by atoms with Crippen LogP contribution in [0.15, 0.2) is 73.1 Å². The van der Waals surface area contributed by atoms with E-state index in [4.69, 9.17) is 12.2 Å². The Hall–Kier alpha value is -2.66. The van der Waals surface area contributed by atoms with Crippen molar-refractivity contribution in [3.63, 3.8) is 0 Å². The van der Waals surface area contributed by atoms with Crippen LogP contribution in [0, 0.1) is 0 Å². The van der Waals surface area contributed by atoms with E-state index in [-0.39, 0.29) is 12.1 Å². The number of nitrogens with one attached hydrogen (secondary N) is 1. The molecule has 0 unspecified atom stereocenters. The Kier molecular flexibility index (Phi) is 4.71. The molecule has 0 aliphatic carbocycles. The number of nitrogens with zero attached hydrogens (tertiary/aromatic N) is 3. The second-order valence-corrected chi connectivity index (χ2v) is 6.85. The molecule has 1 aromatic carbocycles. The lowest BCUT2D eigenvalue weighted by atomic mass is 10.0. The van der Waals surface area contributed by atoms with Crippen LogP contribution in [0.5, 0.6) is 0 Å². The average Bonchev–Trinajstić information content (AvgIpc) is 3.28. The van der Waals surface area contributed by atoms with E-state index in [1.807, 2.05) is 24.4 Å². The highest BCUT2D eigenvalue weighted by Gasteiger charge is 2.40. The van der Waals surface area contributed by atoms with E-state index in [1.165, 1.54) is 5.69 Å². The zero-order valence-corrected chi connectivity index (χ0v) is 15.6. The molecule has 4 nitrogen and oxygen atoms in total. The van der Waals surface area contributed by atoms with Gasteiger partial charge in [-0.3, -0.25) is 4.98 Å². The molecule has 2 aromatic heterocycles. The van der Waals surface area contributed by atoms with Gasteiger partial charge in [0.1, 0.15) is 0 Å². The summed E-state index contributed by atoms with van der Waals surface area (Å²) >= 11 is 5.67. The highest BCUT2D eigenvalue weighted by atomic mass is 32.1. The van der Waals surface area contributed by atoms with Crippen molar-refractivity contribution in [1.82, 2.24) is 19.8 Å². The number of pyridine rings is 1. The fraction of sp³-hybridized carbons (Fsp3) is 0.238. The fourth-order valence-electron chi connectivity index (χ4n) is 3.67. The first kappa shape index (κ1) is 16.8. The molecule has 1 aliphatic rings. The van der Waals surface area contributed by atoms with Gasteiger partial charge in [0, 0.05) is 30.3 Å². The molecular weight excluding hydrogens is 340 g/mol. The van der Waals surface area contributed by atoms with Crippen LogP contribution in [0.3, 0.4) is 0 Å². The van der Waals surface area contributed by atoms with Gasteiger partial charge in [0.2, 0.25) is 0 Å². The molecule has 26 heavy (non-hydrogen) atoms.